The predicted octanol–water partition coefficient (Wildman–Crippen LogP) is 6.13. The number of nitrogens with one attached hydrogen (secondary N) is 1. The van der Waals surface area contributed by atoms with Crippen molar-refractivity contribution < 1.29 is 32.9 Å². The Morgan fingerprint density at radius 1 is 0.854 bits per heavy atom. The monoisotopic (exact) mass is 651 g/mol. The van der Waals surface area contributed by atoms with Gasteiger partial charge in [-0.1, -0.05) is 84.8 Å². The second-order valence-corrected chi connectivity index (χ2v) is 11.1. The molecule has 0 aliphatic rings. The molecule has 2 aromatic heterocycles. The number of ether oxygens (including phenoxy) is 2. The van der Waals surface area contributed by atoms with Crippen LogP contribution < -0.4 is 25.4 Å². The molecule has 0 bridgehead atoms. The number of benzene rings is 3. The second-order valence-electron chi connectivity index (χ2n) is 11.1. The molecule has 0 fully saturated rings. The molecule has 0 atom stereocenters. The van der Waals surface area contributed by atoms with Crippen LogP contribution >= 0.6 is 0 Å². The van der Waals surface area contributed by atoms with Crippen LogP contribution in [0.15, 0.2) is 87.9 Å². The second kappa shape index (κ2) is 15.1. The molecule has 3 aromatic carbocycles. The minimum Gasteiger partial charge on any atom is -0.488 e. The molecule has 3 N–H and O–H groups in total. The molecule has 0 saturated carbocycles. The van der Waals surface area contributed by atoms with Crippen molar-refractivity contribution in [3.05, 3.63) is 113 Å². The van der Waals surface area contributed by atoms with E-state index in [-0.39, 0.29) is 47.7 Å². The summed E-state index contributed by atoms with van der Waals surface area (Å²) in [6, 6.07) is 24.3. The van der Waals surface area contributed by atoms with Crippen molar-refractivity contribution in [1.29, 1.82) is 0 Å². The summed E-state index contributed by atoms with van der Waals surface area (Å²) in [5.74, 6) is -1.28. The Balaban J connectivity index is 1.67. The summed E-state index contributed by atoms with van der Waals surface area (Å²) >= 11 is 0. The Kier molecular flexibility index (Phi) is 10.5. The van der Waals surface area contributed by atoms with Crippen LogP contribution in [-0.2, 0) is 13.2 Å². The van der Waals surface area contributed by atoms with Crippen LogP contribution in [0, 0.1) is 0 Å². The van der Waals surface area contributed by atoms with Gasteiger partial charge in [-0.25, -0.2) is 0 Å². The minimum atomic E-state index is -0.880. The summed E-state index contributed by atoms with van der Waals surface area (Å²) in [6.07, 6.45) is 0. The van der Waals surface area contributed by atoms with Gasteiger partial charge in [-0.15, -0.1) is 0 Å². The van der Waals surface area contributed by atoms with E-state index in [4.69, 9.17) is 24.3 Å². The zero-order valence-corrected chi connectivity index (χ0v) is 27.2. The fourth-order valence-corrected chi connectivity index (χ4v) is 5.06. The Morgan fingerprint density at radius 2 is 1.48 bits per heavy atom. The molecule has 0 saturated heterocycles. The maximum Gasteiger partial charge on any atom is 0.287 e. The lowest BCUT2D eigenvalue weighted by atomic mass is 9.96. The molecule has 0 aliphatic carbocycles. The summed E-state index contributed by atoms with van der Waals surface area (Å²) in [7, 11) is 0. The van der Waals surface area contributed by atoms with Crippen molar-refractivity contribution in [2.24, 2.45) is 5.73 Å². The lowest BCUT2D eigenvalue weighted by Crippen LogP contribution is -2.34. The van der Waals surface area contributed by atoms with E-state index in [1.54, 1.807) is 19.9 Å². The Bertz CT molecular complexity index is 1880. The first-order valence-electron chi connectivity index (χ1n) is 15.6. The lowest BCUT2D eigenvalue weighted by molar-refractivity contribution is 0.0942. The SMILES string of the molecule is CCNC(=O)c1noc(-c2cc(C(C)C)c(OCc3ccccc3)cc2OCc2ccccc2)c1N(CC)C(=O)c1cc(C(N)=O)on1. The van der Waals surface area contributed by atoms with E-state index in [0.717, 1.165) is 22.8 Å². The summed E-state index contributed by atoms with van der Waals surface area (Å²) in [5, 5.41) is 10.6. The Labute approximate surface area is 277 Å². The number of rotatable bonds is 14. The highest BCUT2D eigenvalue weighted by Gasteiger charge is 2.34. The van der Waals surface area contributed by atoms with Gasteiger partial charge < -0.3 is 34.5 Å². The quantitative estimate of drug-likeness (QED) is 0.144. The molecule has 0 spiro atoms. The fraction of sp³-hybridized carbons (Fsp3) is 0.250. The number of hydrogen-bond acceptors (Lipinski definition) is 9. The van der Waals surface area contributed by atoms with Crippen LogP contribution in [0.1, 0.15) is 81.8 Å². The first-order chi connectivity index (χ1) is 23.2. The number of aromatic nitrogens is 2. The molecule has 3 amide bonds. The van der Waals surface area contributed by atoms with Crippen LogP contribution in [-0.4, -0.2) is 41.1 Å². The number of nitrogens with two attached hydrogens (primary N) is 1. The predicted molar refractivity (Wildman–Crippen MR) is 178 cm³/mol. The topological polar surface area (TPSA) is 163 Å². The third kappa shape index (κ3) is 7.38. The summed E-state index contributed by atoms with van der Waals surface area (Å²) in [5.41, 5.74) is 8.31. The van der Waals surface area contributed by atoms with E-state index in [9.17, 15) is 14.4 Å². The smallest absolute Gasteiger partial charge is 0.287 e. The maximum atomic E-state index is 13.9. The first kappa shape index (κ1) is 33.5. The Morgan fingerprint density at radius 3 is 2.02 bits per heavy atom. The first-order valence-corrected chi connectivity index (χ1v) is 15.6. The van der Waals surface area contributed by atoms with Crippen molar-refractivity contribution in [2.45, 2.75) is 46.8 Å². The molecule has 248 valence electrons. The van der Waals surface area contributed by atoms with Gasteiger partial charge in [0.25, 0.3) is 17.7 Å². The van der Waals surface area contributed by atoms with Crippen LogP contribution in [0.4, 0.5) is 5.69 Å². The van der Waals surface area contributed by atoms with Gasteiger partial charge in [-0.2, -0.15) is 0 Å². The summed E-state index contributed by atoms with van der Waals surface area (Å²) in [6.45, 7) is 8.47. The zero-order valence-electron chi connectivity index (χ0n) is 27.2. The van der Waals surface area contributed by atoms with Crippen LogP contribution in [0.3, 0.4) is 0 Å². The van der Waals surface area contributed by atoms with E-state index >= 15 is 0 Å². The van der Waals surface area contributed by atoms with Gasteiger partial charge in [0.15, 0.2) is 17.1 Å². The Hall–Kier alpha value is -5.91. The number of carbonyl (C=O) groups is 3. The molecule has 0 unspecified atom stereocenters. The van der Waals surface area contributed by atoms with E-state index in [1.807, 2.05) is 80.6 Å². The number of primary amides is 1. The van der Waals surface area contributed by atoms with E-state index in [1.165, 1.54) is 4.90 Å². The molecule has 12 nitrogen and oxygen atoms in total. The highest BCUT2D eigenvalue weighted by atomic mass is 16.5. The average molecular weight is 652 g/mol. The molecular weight excluding hydrogens is 614 g/mol. The highest BCUT2D eigenvalue weighted by Crippen LogP contribution is 2.44. The van der Waals surface area contributed by atoms with E-state index in [2.05, 4.69) is 15.6 Å². The third-order valence-corrected chi connectivity index (χ3v) is 7.48. The van der Waals surface area contributed by atoms with E-state index in [0.29, 0.717) is 30.2 Å². The van der Waals surface area contributed by atoms with Gasteiger partial charge >= 0.3 is 0 Å². The number of carbonyl (C=O) groups excluding carboxylic acids is 3. The van der Waals surface area contributed by atoms with Gasteiger partial charge in [0.1, 0.15) is 30.4 Å². The maximum absolute atomic E-state index is 13.9. The molecule has 12 heteroatoms. The standard InChI is InChI=1S/C36H37N5O7/c1-5-38-35(43)31-32(41(6-2)36(44)27-18-30(34(37)42)47-39-27)33(48-40-31)26-17-25(22(3)4)28(45-20-23-13-9-7-10-14-23)19-29(26)46-21-24-15-11-8-12-16-24/h7-19,22H,5-6,20-21H2,1-4H3,(H2,37,42)(H,38,43). The molecule has 2 heterocycles. The largest absolute Gasteiger partial charge is 0.488 e. The number of anilines is 1. The summed E-state index contributed by atoms with van der Waals surface area (Å²) < 4.78 is 23.6. The van der Waals surface area contributed by atoms with Crippen molar-refractivity contribution in [3.8, 4) is 22.8 Å². The number of nitrogens with zero attached hydrogens (tertiary/aromatic N) is 3. The molecule has 5 rings (SSSR count). The van der Waals surface area contributed by atoms with Crippen LogP contribution in [0.25, 0.3) is 11.3 Å². The number of amides is 3. The van der Waals surface area contributed by atoms with Crippen molar-refractivity contribution >= 4 is 23.4 Å². The fourth-order valence-electron chi connectivity index (χ4n) is 5.06. The highest BCUT2D eigenvalue weighted by molar-refractivity contribution is 6.12. The van der Waals surface area contributed by atoms with Crippen LogP contribution in [0.2, 0.25) is 0 Å². The zero-order chi connectivity index (χ0) is 34.2. The molecular formula is C36H37N5O7. The van der Waals surface area contributed by atoms with Crippen molar-refractivity contribution in [3.63, 3.8) is 0 Å². The molecule has 48 heavy (non-hydrogen) atoms. The average Bonchev–Trinajstić information content (AvgIpc) is 3.76. The van der Waals surface area contributed by atoms with E-state index < -0.39 is 17.7 Å². The summed E-state index contributed by atoms with van der Waals surface area (Å²) in [4.78, 5) is 40.1. The third-order valence-electron chi connectivity index (χ3n) is 7.48. The number of hydrogen-bond donors (Lipinski definition) is 2. The normalized spacial score (nSPS) is 10.9. The minimum absolute atomic E-state index is 0.00168. The molecule has 0 radical (unpaired) electrons. The van der Waals surface area contributed by atoms with Gasteiger partial charge in [0.05, 0.1) is 5.56 Å². The van der Waals surface area contributed by atoms with Crippen LogP contribution in [0.5, 0.6) is 11.5 Å². The molecule has 0 aliphatic heterocycles. The van der Waals surface area contributed by atoms with Crippen molar-refractivity contribution in [1.82, 2.24) is 15.6 Å². The van der Waals surface area contributed by atoms with Crippen molar-refractivity contribution in [2.75, 3.05) is 18.0 Å². The van der Waals surface area contributed by atoms with Gasteiger partial charge in [-0.3, -0.25) is 14.4 Å². The van der Waals surface area contributed by atoms with Gasteiger partial charge in [-0.05, 0) is 42.5 Å². The van der Waals surface area contributed by atoms with Gasteiger partial charge in [0, 0.05) is 25.2 Å². The molecule has 5 aromatic rings. The lowest BCUT2D eigenvalue weighted by Gasteiger charge is -2.22. The van der Waals surface area contributed by atoms with Gasteiger partial charge in [0.2, 0.25) is 5.76 Å².